The number of hydrogen-bond donors (Lipinski definition) is 1. The number of nitrogens with zero attached hydrogens (tertiary/aromatic N) is 2. The van der Waals surface area contributed by atoms with Crippen molar-refractivity contribution < 1.29 is 22.2 Å². The van der Waals surface area contributed by atoms with Crippen LogP contribution >= 0.6 is 0 Å². The van der Waals surface area contributed by atoms with Crippen LogP contribution in [0, 0.1) is 0 Å². The van der Waals surface area contributed by atoms with E-state index >= 15 is 0 Å². The molecule has 2 atom stereocenters. The number of halogens is 3. The first-order valence-corrected chi connectivity index (χ1v) is 12.1. The van der Waals surface area contributed by atoms with E-state index in [-0.39, 0.29) is 22.8 Å². The van der Waals surface area contributed by atoms with Gasteiger partial charge < -0.3 is 14.8 Å². The van der Waals surface area contributed by atoms with Gasteiger partial charge in [0.05, 0.1) is 0 Å². The van der Waals surface area contributed by atoms with Crippen LogP contribution in [0.5, 0.6) is 0 Å². The first-order valence-electron chi connectivity index (χ1n) is 12.1. The van der Waals surface area contributed by atoms with E-state index in [1.807, 2.05) is 12.1 Å². The molecule has 1 aromatic carbocycles. The van der Waals surface area contributed by atoms with Crippen molar-refractivity contribution in [2.24, 2.45) is 5.73 Å². The second-order valence-electron chi connectivity index (χ2n) is 10.2. The highest BCUT2D eigenvalue weighted by molar-refractivity contribution is 5.81. The number of benzene rings is 1. The standard InChI is InChI=1S/C27H26F3N3O2/c1-26(31)12-11-18(14-26)16-7-9-19-17(13-16)8-10-20-22(19)32-35-25(20)23-21(27(28,29)30)24(34-33-23)15-5-3-2-4-6-15/h3,5-7,9,13,18H,2,4,8,10-12,14,31H2,1H3/t18-,26?/m1/s1. The molecule has 0 amide bonds. The fraction of sp³-hybridized carbons (Fsp3) is 0.407. The lowest BCUT2D eigenvalue weighted by Gasteiger charge is -2.20. The Hall–Kier alpha value is -3.13. The van der Waals surface area contributed by atoms with Crippen LogP contribution in [0.2, 0.25) is 0 Å². The summed E-state index contributed by atoms with van der Waals surface area (Å²) in [5.74, 6) is 0.181. The van der Waals surface area contributed by atoms with Crippen LogP contribution in [0.3, 0.4) is 0 Å². The average molecular weight is 482 g/mol. The van der Waals surface area contributed by atoms with E-state index in [1.54, 1.807) is 12.2 Å². The molecular formula is C27H26F3N3O2. The zero-order valence-corrected chi connectivity index (χ0v) is 19.4. The van der Waals surface area contributed by atoms with Gasteiger partial charge in [-0.25, -0.2) is 0 Å². The molecule has 0 aliphatic heterocycles. The Morgan fingerprint density at radius 2 is 1.86 bits per heavy atom. The summed E-state index contributed by atoms with van der Waals surface area (Å²) in [5, 5.41) is 8.03. The molecule has 0 spiro atoms. The van der Waals surface area contributed by atoms with E-state index in [0.29, 0.717) is 42.0 Å². The summed E-state index contributed by atoms with van der Waals surface area (Å²) >= 11 is 0. The van der Waals surface area contributed by atoms with E-state index in [1.165, 1.54) is 5.56 Å². The number of aromatic nitrogens is 2. The SMILES string of the molecule is CC1(N)CC[C@@H](c2ccc3c(c2)CCc2c-3noc2-c2noc(C3=CCCC=C3)c2C(F)(F)F)C1. The molecule has 35 heavy (non-hydrogen) atoms. The topological polar surface area (TPSA) is 78.1 Å². The van der Waals surface area contributed by atoms with E-state index in [0.717, 1.165) is 36.8 Å². The monoisotopic (exact) mass is 481 g/mol. The molecule has 2 aromatic heterocycles. The lowest BCUT2D eigenvalue weighted by atomic mass is 9.84. The molecule has 2 N–H and O–H groups in total. The zero-order chi connectivity index (χ0) is 24.4. The van der Waals surface area contributed by atoms with Gasteiger partial charge in [-0.15, -0.1) is 0 Å². The van der Waals surface area contributed by atoms with Gasteiger partial charge in [0.25, 0.3) is 0 Å². The lowest BCUT2D eigenvalue weighted by molar-refractivity contribution is -0.137. The van der Waals surface area contributed by atoms with Crippen molar-refractivity contribution in [1.29, 1.82) is 0 Å². The summed E-state index contributed by atoms with van der Waals surface area (Å²) in [6.07, 6.45) is 6.22. The van der Waals surface area contributed by atoms with E-state index < -0.39 is 11.7 Å². The maximum absolute atomic E-state index is 14.2. The van der Waals surface area contributed by atoms with Crippen LogP contribution in [-0.2, 0) is 19.0 Å². The van der Waals surface area contributed by atoms with Crippen LogP contribution in [0.15, 0.2) is 45.5 Å². The van der Waals surface area contributed by atoms with Gasteiger partial charge in [-0.2, -0.15) is 13.2 Å². The van der Waals surface area contributed by atoms with Gasteiger partial charge in [0.1, 0.15) is 11.3 Å². The number of aryl methyl sites for hydroxylation is 1. The number of fused-ring (bicyclic) bond motifs is 3. The fourth-order valence-electron chi connectivity index (χ4n) is 5.75. The van der Waals surface area contributed by atoms with Gasteiger partial charge in [-0.1, -0.05) is 46.7 Å². The highest BCUT2D eigenvalue weighted by atomic mass is 19.4. The Kier molecular flexibility index (Phi) is 5.07. The van der Waals surface area contributed by atoms with Crippen LogP contribution < -0.4 is 5.73 Å². The fourth-order valence-corrected chi connectivity index (χ4v) is 5.75. The largest absolute Gasteiger partial charge is 0.422 e. The smallest absolute Gasteiger partial charge is 0.355 e. The molecule has 1 saturated carbocycles. The van der Waals surface area contributed by atoms with E-state index in [2.05, 4.69) is 29.4 Å². The highest BCUT2D eigenvalue weighted by Crippen LogP contribution is 2.47. The minimum atomic E-state index is -4.66. The van der Waals surface area contributed by atoms with Gasteiger partial charge in [0.2, 0.25) is 0 Å². The molecule has 0 bridgehead atoms. The molecule has 1 fully saturated rings. The second kappa shape index (κ2) is 7.95. The maximum Gasteiger partial charge on any atom is 0.422 e. The van der Waals surface area contributed by atoms with E-state index in [9.17, 15) is 13.2 Å². The van der Waals surface area contributed by atoms with Crippen molar-refractivity contribution in [2.75, 3.05) is 0 Å². The molecule has 2 heterocycles. The first kappa shape index (κ1) is 22.3. The minimum absolute atomic E-state index is 0.0344. The molecular weight excluding hydrogens is 455 g/mol. The Morgan fingerprint density at radius 1 is 1.06 bits per heavy atom. The lowest BCUT2D eigenvalue weighted by Crippen LogP contribution is -2.32. The molecule has 3 aliphatic rings. The highest BCUT2D eigenvalue weighted by Gasteiger charge is 2.44. The molecule has 182 valence electrons. The number of hydrogen-bond acceptors (Lipinski definition) is 5. The quantitative estimate of drug-likeness (QED) is 0.444. The maximum atomic E-state index is 14.2. The normalized spacial score (nSPS) is 23.8. The zero-order valence-electron chi connectivity index (χ0n) is 19.4. The molecule has 3 aromatic rings. The molecule has 1 unspecified atom stereocenters. The second-order valence-corrected chi connectivity index (χ2v) is 10.2. The van der Waals surface area contributed by atoms with Crippen molar-refractivity contribution in [2.45, 2.75) is 69.5 Å². The Labute approximate surface area is 200 Å². The van der Waals surface area contributed by atoms with Gasteiger partial charge >= 0.3 is 6.18 Å². The predicted octanol–water partition coefficient (Wildman–Crippen LogP) is 6.83. The number of nitrogens with two attached hydrogens (primary N) is 1. The van der Waals surface area contributed by atoms with Crippen LogP contribution in [0.25, 0.3) is 28.3 Å². The average Bonchev–Trinajstić information content (AvgIpc) is 3.54. The van der Waals surface area contributed by atoms with Gasteiger partial charge in [-0.3, -0.25) is 0 Å². The predicted molar refractivity (Wildman–Crippen MR) is 125 cm³/mol. The summed E-state index contributed by atoms with van der Waals surface area (Å²) in [4.78, 5) is 0. The van der Waals surface area contributed by atoms with Crippen LogP contribution in [0.1, 0.15) is 73.0 Å². The van der Waals surface area contributed by atoms with E-state index in [4.69, 9.17) is 14.8 Å². The summed E-state index contributed by atoms with van der Waals surface area (Å²) in [5.41, 5.74) is 9.84. The third kappa shape index (κ3) is 3.84. The van der Waals surface area contributed by atoms with Crippen LogP contribution in [-0.4, -0.2) is 15.9 Å². The number of alkyl halides is 3. The molecule has 0 radical (unpaired) electrons. The third-order valence-electron chi connectivity index (χ3n) is 7.51. The third-order valence-corrected chi connectivity index (χ3v) is 7.51. The van der Waals surface area contributed by atoms with Crippen molar-refractivity contribution >= 4 is 5.57 Å². The molecule has 6 rings (SSSR count). The Morgan fingerprint density at radius 3 is 2.57 bits per heavy atom. The first-order chi connectivity index (χ1) is 16.7. The van der Waals surface area contributed by atoms with Gasteiger partial charge in [-0.05, 0) is 68.9 Å². The Balaban J connectivity index is 1.39. The molecule has 5 nitrogen and oxygen atoms in total. The van der Waals surface area contributed by atoms with Crippen molar-refractivity contribution in [3.63, 3.8) is 0 Å². The summed E-state index contributed by atoms with van der Waals surface area (Å²) in [7, 11) is 0. The van der Waals surface area contributed by atoms with Crippen molar-refractivity contribution in [3.8, 4) is 22.7 Å². The van der Waals surface area contributed by atoms with Gasteiger partial charge in [0, 0.05) is 22.2 Å². The van der Waals surface area contributed by atoms with Crippen LogP contribution in [0.4, 0.5) is 13.2 Å². The number of rotatable bonds is 3. The summed E-state index contributed by atoms with van der Waals surface area (Å²) < 4.78 is 53.3. The summed E-state index contributed by atoms with van der Waals surface area (Å²) in [6, 6.07) is 6.30. The number of allylic oxidation sites excluding steroid dienone is 4. The van der Waals surface area contributed by atoms with Crippen molar-refractivity contribution in [3.05, 3.63) is 64.4 Å². The molecule has 0 saturated heterocycles. The Bertz CT molecular complexity index is 1360. The van der Waals surface area contributed by atoms with Gasteiger partial charge in [0.15, 0.2) is 17.2 Å². The van der Waals surface area contributed by atoms with Crippen molar-refractivity contribution in [1.82, 2.24) is 10.3 Å². The molecule has 3 aliphatic carbocycles. The minimum Gasteiger partial charge on any atom is -0.355 e. The molecule has 8 heteroatoms. The summed E-state index contributed by atoms with van der Waals surface area (Å²) in [6.45, 7) is 2.10.